The molecule has 0 aliphatic rings. The number of hydrogen-bond acceptors (Lipinski definition) is 4. The maximum atomic E-state index is 12.8. The van der Waals surface area contributed by atoms with Gasteiger partial charge in [-0.15, -0.1) is 11.3 Å². The van der Waals surface area contributed by atoms with Crippen LogP contribution >= 0.6 is 11.3 Å². The van der Waals surface area contributed by atoms with Crippen molar-refractivity contribution >= 4 is 38.1 Å². The molecule has 3 aromatic rings. The van der Waals surface area contributed by atoms with Crippen molar-refractivity contribution in [2.75, 3.05) is 0 Å². The van der Waals surface area contributed by atoms with E-state index in [0.29, 0.717) is 9.79 Å². The van der Waals surface area contributed by atoms with Crippen molar-refractivity contribution in [3.63, 3.8) is 0 Å². The summed E-state index contributed by atoms with van der Waals surface area (Å²) in [4.78, 5) is 13.2. The molecule has 1 atom stereocenters. The molecule has 0 fully saturated rings. The number of hydrogen-bond donors (Lipinski definition) is 2. The Kier molecular flexibility index (Phi) is 3.83. The summed E-state index contributed by atoms with van der Waals surface area (Å²) < 4.78 is 13.7. The van der Waals surface area contributed by atoms with Crippen LogP contribution in [0, 0.1) is 0 Å². The topological polar surface area (TPSA) is 66.4 Å². The third-order valence-corrected chi connectivity index (χ3v) is 5.79. The van der Waals surface area contributed by atoms with Crippen LogP contribution < -0.4 is 5.48 Å². The first kappa shape index (κ1) is 13.9. The zero-order chi connectivity index (χ0) is 14.8. The average Bonchev–Trinajstić information content (AvgIpc) is 2.93. The minimum Gasteiger partial charge on any atom is -0.288 e. The van der Waals surface area contributed by atoms with Crippen molar-refractivity contribution in [3.05, 3.63) is 59.5 Å². The fraction of sp³-hybridized carbons (Fsp3) is 0. The summed E-state index contributed by atoms with van der Waals surface area (Å²) in [5.74, 6) is -0.643. The van der Waals surface area contributed by atoms with Gasteiger partial charge in [-0.1, -0.05) is 36.4 Å². The van der Waals surface area contributed by atoms with Gasteiger partial charge < -0.3 is 0 Å². The van der Waals surface area contributed by atoms with E-state index in [-0.39, 0.29) is 4.88 Å². The number of fused-ring (bicyclic) bond motifs is 1. The molecule has 1 unspecified atom stereocenters. The van der Waals surface area contributed by atoms with Gasteiger partial charge in [0.1, 0.15) is 4.88 Å². The molecule has 0 saturated heterocycles. The number of carbonyl (C=O) groups excluding carboxylic acids is 1. The van der Waals surface area contributed by atoms with E-state index in [2.05, 4.69) is 0 Å². The van der Waals surface area contributed by atoms with E-state index in [1.54, 1.807) is 29.7 Å². The second-order valence-electron chi connectivity index (χ2n) is 4.28. The van der Waals surface area contributed by atoms with Crippen LogP contribution in [-0.2, 0) is 10.8 Å². The second kappa shape index (κ2) is 5.77. The maximum absolute atomic E-state index is 12.8. The molecule has 0 aliphatic carbocycles. The third-order valence-electron chi connectivity index (χ3n) is 3.00. The summed E-state index contributed by atoms with van der Waals surface area (Å²) in [7, 11) is -1.49. The Labute approximate surface area is 127 Å². The lowest BCUT2D eigenvalue weighted by Crippen LogP contribution is -2.18. The molecule has 0 saturated carbocycles. The third kappa shape index (κ3) is 2.49. The molecule has 1 amide bonds. The molecule has 3 rings (SSSR count). The smallest absolute Gasteiger partial charge is 0.286 e. The van der Waals surface area contributed by atoms with Crippen molar-refractivity contribution < 1.29 is 14.2 Å². The number of benzene rings is 2. The van der Waals surface area contributed by atoms with E-state index in [4.69, 9.17) is 5.21 Å². The summed E-state index contributed by atoms with van der Waals surface area (Å²) in [5.41, 5.74) is 1.63. The van der Waals surface area contributed by atoms with Crippen LogP contribution in [0.3, 0.4) is 0 Å². The molecule has 0 bridgehead atoms. The molecule has 0 radical (unpaired) electrons. The lowest BCUT2D eigenvalue weighted by atomic mass is 10.2. The van der Waals surface area contributed by atoms with Gasteiger partial charge in [0.05, 0.1) is 15.7 Å². The zero-order valence-electron chi connectivity index (χ0n) is 10.8. The Morgan fingerprint density at radius 3 is 2.43 bits per heavy atom. The monoisotopic (exact) mass is 317 g/mol. The summed E-state index contributed by atoms with van der Waals surface area (Å²) in [5, 5.41) is 9.67. The largest absolute Gasteiger partial charge is 0.288 e. The van der Waals surface area contributed by atoms with Gasteiger partial charge in [0.15, 0.2) is 0 Å². The van der Waals surface area contributed by atoms with E-state index in [1.807, 2.05) is 30.3 Å². The fourth-order valence-electron chi connectivity index (χ4n) is 2.07. The Morgan fingerprint density at radius 1 is 1.05 bits per heavy atom. The van der Waals surface area contributed by atoms with Crippen LogP contribution in [-0.4, -0.2) is 15.3 Å². The quantitative estimate of drug-likeness (QED) is 0.576. The Hall–Kier alpha value is -2.02. The molecule has 4 nitrogen and oxygen atoms in total. The van der Waals surface area contributed by atoms with Gasteiger partial charge in [-0.25, -0.2) is 9.69 Å². The van der Waals surface area contributed by atoms with Crippen molar-refractivity contribution in [3.8, 4) is 0 Å². The predicted octanol–water partition coefficient (Wildman–Crippen LogP) is 3.19. The molecule has 1 aromatic heterocycles. The van der Waals surface area contributed by atoms with E-state index in [9.17, 15) is 9.00 Å². The van der Waals surface area contributed by atoms with Crippen molar-refractivity contribution in [2.24, 2.45) is 0 Å². The Bertz CT molecular complexity index is 827. The number of amides is 1. The summed E-state index contributed by atoms with van der Waals surface area (Å²) >= 11 is 1.21. The highest BCUT2D eigenvalue weighted by Crippen LogP contribution is 2.35. The molecular weight excluding hydrogens is 306 g/mol. The molecule has 0 spiro atoms. The minimum absolute atomic E-state index is 0.265. The molecule has 2 N–H and O–H groups in total. The summed E-state index contributed by atoms with van der Waals surface area (Å²) in [6.45, 7) is 0. The van der Waals surface area contributed by atoms with Gasteiger partial charge in [0, 0.05) is 15.0 Å². The Balaban J connectivity index is 2.25. The number of thiophene rings is 1. The van der Waals surface area contributed by atoms with E-state index in [0.717, 1.165) is 10.1 Å². The molecule has 21 heavy (non-hydrogen) atoms. The molecule has 106 valence electrons. The first-order chi connectivity index (χ1) is 10.2. The van der Waals surface area contributed by atoms with Crippen LogP contribution in [0.1, 0.15) is 9.67 Å². The Morgan fingerprint density at radius 2 is 1.71 bits per heavy atom. The van der Waals surface area contributed by atoms with Gasteiger partial charge >= 0.3 is 0 Å². The standard InChI is InChI=1S/C15H11NO3S2/c17-15(16-18)13-14(11-8-4-5-9-12(11)20-13)21(19)10-6-2-1-3-7-10/h1-9,18H,(H,16,17). The first-order valence-corrected chi connectivity index (χ1v) is 8.12. The van der Waals surface area contributed by atoms with Crippen molar-refractivity contribution in [1.82, 2.24) is 5.48 Å². The SMILES string of the molecule is O=C(NO)c1sc2ccccc2c1S(=O)c1ccccc1. The highest BCUT2D eigenvalue weighted by molar-refractivity contribution is 7.85. The lowest BCUT2D eigenvalue weighted by Gasteiger charge is -2.04. The van der Waals surface area contributed by atoms with Crippen LogP contribution in [0.25, 0.3) is 10.1 Å². The number of nitrogens with one attached hydrogen (secondary N) is 1. The number of hydroxylamine groups is 1. The highest BCUT2D eigenvalue weighted by Gasteiger charge is 2.23. The molecule has 1 heterocycles. The normalized spacial score (nSPS) is 12.2. The van der Waals surface area contributed by atoms with Crippen LogP contribution in [0.2, 0.25) is 0 Å². The van der Waals surface area contributed by atoms with Crippen LogP contribution in [0.15, 0.2) is 64.4 Å². The summed E-state index contributed by atoms with van der Waals surface area (Å²) in [6.07, 6.45) is 0. The van der Waals surface area contributed by atoms with E-state index < -0.39 is 16.7 Å². The van der Waals surface area contributed by atoms with Crippen LogP contribution in [0.5, 0.6) is 0 Å². The van der Waals surface area contributed by atoms with Crippen molar-refractivity contribution in [2.45, 2.75) is 9.79 Å². The molecular formula is C15H11NO3S2. The molecule has 2 aromatic carbocycles. The average molecular weight is 317 g/mol. The highest BCUT2D eigenvalue weighted by atomic mass is 32.2. The first-order valence-electron chi connectivity index (χ1n) is 6.15. The number of carbonyl (C=O) groups is 1. The van der Waals surface area contributed by atoms with Gasteiger partial charge in [0.2, 0.25) is 0 Å². The molecule has 6 heteroatoms. The minimum atomic E-state index is -1.49. The zero-order valence-corrected chi connectivity index (χ0v) is 12.4. The number of rotatable bonds is 3. The van der Waals surface area contributed by atoms with Gasteiger partial charge in [0.25, 0.3) is 5.91 Å². The van der Waals surface area contributed by atoms with Gasteiger partial charge in [-0.3, -0.25) is 10.0 Å². The van der Waals surface area contributed by atoms with Gasteiger partial charge in [-0.2, -0.15) is 0 Å². The fourth-order valence-corrected chi connectivity index (χ4v) is 4.75. The second-order valence-corrected chi connectivity index (χ2v) is 6.75. The lowest BCUT2D eigenvalue weighted by molar-refractivity contribution is 0.0708. The van der Waals surface area contributed by atoms with Gasteiger partial charge in [-0.05, 0) is 18.2 Å². The van der Waals surface area contributed by atoms with Crippen molar-refractivity contribution in [1.29, 1.82) is 0 Å². The predicted molar refractivity (Wildman–Crippen MR) is 82.2 cm³/mol. The summed E-state index contributed by atoms with van der Waals surface area (Å²) in [6, 6.07) is 16.3. The maximum Gasteiger partial charge on any atom is 0.286 e. The van der Waals surface area contributed by atoms with Crippen LogP contribution in [0.4, 0.5) is 0 Å². The molecule has 0 aliphatic heterocycles. The van der Waals surface area contributed by atoms with E-state index >= 15 is 0 Å². The van der Waals surface area contributed by atoms with E-state index in [1.165, 1.54) is 11.3 Å².